The van der Waals surface area contributed by atoms with E-state index in [-0.39, 0.29) is 18.5 Å². The molecule has 2 aliphatic rings. The molecule has 0 spiro atoms. The Bertz CT molecular complexity index is 760. The highest BCUT2D eigenvalue weighted by Gasteiger charge is 2.36. The first-order chi connectivity index (χ1) is 12.2. The number of piperidine rings is 2. The summed E-state index contributed by atoms with van der Waals surface area (Å²) in [6, 6.07) is 8.88. The van der Waals surface area contributed by atoms with Gasteiger partial charge in [0.15, 0.2) is 5.69 Å². The van der Waals surface area contributed by atoms with Crippen molar-refractivity contribution in [3.05, 3.63) is 30.0 Å². The molecule has 1 aromatic carbocycles. The lowest BCUT2D eigenvalue weighted by Crippen LogP contribution is -2.55. The Labute approximate surface area is 147 Å². The monoisotopic (exact) mass is 344 g/mol. The van der Waals surface area contributed by atoms with Crippen molar-refractivity contribution in [2.24, 2.45) is 0 Å². The van der Waals surface area contributed by atoms with Crippen molar-refractivity contribution in [2.75, 3.05) is 13.7 Å². The number of alkyl halides is 1. The summed E-state index contributed by atoms with van der Waals surface area (Å²) in [6.45, 7) is -0.322. The minimum Gasteiger partial charge on any atom is -0.348 e. The molecule has 2 bridgehead atoms. The number of rotatable bonds is 4. The normalized spacial score (nSPS) is 26.7. The van der Waals surface area contributed by atoms with Gasteiger partial charge in [0, 0.05) is 23.5 Å². The number of nitrogens with one attached hydrogen (secondary N) is 1. The van der Waals surface area contributed by atoms with Gasteiger partial charge in [-0.05, 0) is 38.8 Å². The second-order valence-electron chi connectivity index (χ2n) is 7.32. The molecule has 2 fully saturated rings. The van der Waals surface area contributed by atoms with Crippen molar-refractivity contribution >= 4 is 16.8 Å². The van der Waals surface area contributed by atoms with Crippen molar-refractivity contribution in [1.29, 1.82) is 0 Å². The smallest absolute Gasteiger partial charge is 0.272 e. The van der Waals surface area contributed by atoms with Crippen LogP contribution in [-0.4, -0.2) is 52.4 Å². The van der Waals surface area contributed by atoms with Gasteiger partial charge < -0.3 is 10.2 Å². The topological polar surface area (TPSA) is 50.2 Å². The van der Waals surface area contributed by atoms with Crippen LogP contribution in [0.4, 0.5) is 4.39 Å². The highest BCUT2D eigenvalue weighted by Crippen LogP contribution is 2.32. The van der Waals surface area contributed by atoms with Crippen molar-refractivity contribution in [3.8, 4) is 0 Å². The number of carbonyl (C=O) groups excluding carboxylic acids is 1. The Hall–Kier alpha value is -1.95. The number of benzene rings is 1. The summed E-state index contributed by atoms with van der Waals surface area (Å²) in [6.07, 6.45) is 5.73. The fourth-order valence-electron chi connectivity index (χ4n) is 4.53. The summed E-state index contributed by atoms with van der Waals surface area (Å²) in [5.41, 5.74) is 1.22. The third-order valence-corrected chi connectivity index (χ3v) is 5.84. The van der Waals surface area contributed by atoms with Gasteiger partial charge in [-0.2, -0.15) is 5.10 Å². The molecule has 0 radical (unpaired) electrons. The Kier molecular flexibility index (Phi) is 4.46. The molecule has 4 rings (SSSR count). The zero-order valence-corrected chi connectivity index (χ0v) is 14.6. The first-order valence-corrected chi connectivity index (χ1v) is 9.21. The van der Waals surface area contributed by atoms with E-state index < -0.39 is 6.67 Å². The van der Waals surface area contributed by atoms with Crippen molar-refractivity contribution in [3.63, 3.8) is 0 Å². The van der Waals surface area contributed by atoms with Crippen LogP contribution in [-0.2, 0) is 6.54 Å². The predicted molar refractivity (Wildman–Crippen MR) is 95.4 cm³/mol. The summed E-state index contributed by atoms with van der Waals surface area (Å²) < 4.78 is 14.4. The van der Waals surface area contributed by atoms with Gasteiger partial charge >= 0.3 is 0 Å². The summed E-state index contributed by atoms with van der Waals surface area (Å²) in [5, 5.41) is 8.38. The molecular formula is C19H25FN4O. The molecule has 1 amide bonds. The van der Waals surface area contributed by atoms with Gasteiger partial charge in [0.1, 0.15) is 6.67 Å². The van der Waals surface area contributed by atoms with Crippen molar-refractivity contribution in [1.82, 2.24) is 20.0 Å². The molecule has 3 heterocycles. The zero-order valence-electron chi connectivity index (χ0n) is 14.6. The molecule has 25 heavy (non-hydrogen) atoms. The highest BCUT2D eigenvalue weighted by atomic mass is 19.1. The number of hydrogen-bond donors (Lipinski definition) is 1. The summed E-state index contributed by atoms with van der Waals surface area (Å²) in [5.74, 6) is -0.138. The fourth-order valence-corrected chi connectivity index (χ4v) is 4.53. The van der Waals surface area contributed by atoms with Gasteiger partial charge in [-0.3, -0.25) is 9.48 Å². The predicted octanol–water partition coefficient (Wildman–Crippen LogP) is 2.75. The molecule has 3 atom stereocenters. The number of aryl methyl sites for hydroxylation is 1. The maximum absolute atomic E-state index is 12.9. The minimum atomic E-state index is -0.495. The van der Waals surface area contributed by atoms with E-state index >= 15 is 0 Å². The van der Waals surface area contributed by atoms with Gasteiger partial charge in [0.2, 0.25) is 0 Å². The molecule has 134 valence electrons. The maximum Gasteiger partial charge on any atom is 0.272 e. The van der Waals surface area contributed by atoms with Crippen LogP contribution in [0.15, 0.2) is 24.3 Å². The second-order valence-corrected chi connectivity index (χ2v) is 7.32. The quantitative estimate of drug-likeness (QED) is 0.928. The molecule has 0 unspecified atom stereocenters. The van der Waals surface area contributed by atoms with Gasteiger partial charge in [-0.25, -0.2) is 4.39 Å². The number of hydrogen-bond acceptors (Lipinski definition) is 3. The number of nitrogens with zero attached hydrogens (tertiary/aromatic N) is 3. The molecule has 2 aliphatic heterocycles. The standard InChI is InChI=1S/C19H25FN4O/c1-23-14-5-4-6-15(23)12-13(11-14)21-19(25)18-16-7-2-3-8-17(16)24(22-18)10-9-20/h2-3,7-8,13-15H,4-6,9-12H2,1H3,(H,21,25)/t13-,14+,15-. The van der Waals surface area contributed by atoms with Crippen molar-refractivity contribution < 1.29 is 9.18 Å². The molecule has 6 heteroatoms. The molecule has 2 aromatic rings. The fraction of sp³-hybridized carbons (Fsp3) is 0.579. The molecule has 5 nitrogen and oxygen atoms in total. The van der Waals surface area contributed by atoms with Gasteiger partial charge in [0.25, 0.3) is 5.91 Å². The number of carbonyl (C=O) groups is 1. The van der Waals surface area contributed by atoms with E-state index in [1.54, 1.807) is 4.68 Å². The van der Waals surface area contributed by atoms with Crippen LogP contribution in [0, 0.1) is 0 Å². The minimum absolute atomic E-state index is 0.138. The third kappa shape index (κ3) is 3.03. The SMILES string of the molecule is CN1[C@@H]2CCC[C@H]1C[C@@H](NC(=O)c1nn(CCF)c3ccccc13)C2. The summed E-state index contributed by atoms with van der Waals surface area (Å²) >= 11 is 0. The van der Waals surface area contributed by atoms with Crippen LogP contribution in [0.25, 0.3) is 10.9 Å². The molecular weight excluding hydrogens is 319 g/mol. The molecule has 1 aromatic heterocycles. The number of para-hydroxylation sites is 1. The van der Waals surface area contributed by atoms with Crippen LogP contribution in [0.3, 0.4) is 0 Å². The second kappa shape index (κ2) is 6.75. The highest BCUT2D eigenvalue weighted by molar-refractivity contribution is 6.05. The zero-order chi connectivity index (χ0) is 17.4. The van der Waals surface area contributed by atoms with E-state index in [4.69, 9.17) is 0 Å². The lowest BCUT2D eigenvalue weighted by atomic mass is 9.82. The Morgan fingerprint density at radius 2 is 2.00 bits per heavy atom. The number of halogens is 1. The maximum atomic E-state index is 12.9. The van der Waals surface area contributed by atoms with Crippen LogP contribution in [0.2, 0.25) is 0 Å². The Morgan fingerprint density at radius 1 is 1.28 bits per heavy atom. The van der Waals surface area contributed by atoms with Crippen LogP contribution in [0.1, 0.15) is 42.6 Å². The number of aromatic nitrogens is 2. The van der Waals surface area contributed by atoms with Crippen LogP contribution in [0.5, 0.6) is 0 Å². The molecule has 0 saturated carbocycles. The van der Waals surface area contributed by atoms with Crippen LogP contribution < -0.4 is 5.32 Å². The number of amides is 1. The van der Waals surface area contributed by atoms with Crippen LogP contribution >= 0.6 is 0 Å². The molecule has 0 aliphatic carbocycles. The largest absolute Gasteiger partial charge is 0.348 e. The first-order valence-electron chi connectivity index (χ1n) is 9.21. The van der Waals surface area contributed by atoms with E-state index in [0.717, 1.165) is 23.7 Å². The van der Waals surface area contributed by atoms with Gasteiger partial charge in [-0.15, -0.1) is 0 Å². The number of fused-ring (bicyclic) bond motifs is 3. The van der Waals surface area contributed by atoms with E-state index in [1.165, 1.54) is 19.3 Å². The third-order valence-electron chi connectivity index (χ3n) is 5.84. The van der Waals surface area contributed by atoms with E-state index in [1.807, 2.05) is 24.3 Å². The molecule has 1 N–H and O–H groups in total. The first kappa shape index (κ1) is 16.5. The average Bonchev–Trinajstić information content (AvgIpc) is 2.95. The van der Waals surface area contributed by atoms with Gasteiger partial charge in [0.05, 0.1) is 12.1 Å². The van der Waals surface area contributed by atoms with Gasteiger partial charge in [-0.1, -0.05) is 24.6 Å². The van der Waals surface area contributed by atoms with E-state index in [9.17, 15) is 9.18 Å². The van der Waals surface area contributed by atoms with Crippen molar-refractivity contribution in [2.45, 2.75) is 56.8 Å². The summed E-state index contributed by atoms with van der Waals surface area (Å²) in [4.78, 5) is 15.3. The molecule has 2 saturated heterocycles. The van der Waals surface area contributed by atoms with E-state index in [0.29, 0.717) is 17.8 Å². The Balaban J connectivity index is 1.54. The van der Waals surface area contributed by atoms with E-state index in [2.05, 4.69) is 22.4 Å². The summed E-state index contributed by atoms with van der Waals surface area (Å²) in [7, 11) is 2.21. The lowest BCUT2D eigenvalue weighted by Gasteiger charge is -2.47. The average molecular weight is 344 g/mol. The Morgan fingerprint density at radius 3 is 2.72 bits per heavy atom. The lowest BCUT2D eigenvalue weighted by molar-refractivity contribution is 0.0462.